The van der Waals surface area contributed by atoms with Crippen LogP contribution in [0.15, 0.2) is 54.6 Å². The Bertz CT molecular complexity index is 620. The number of nitrogens with one attached hydrogen (secondary N) is 1. The van der Waals surface area contributed by atoms with Crippen LogP contribution in [0.5, 0.6) is 0 Å². The minimum atomic E-state index is -0.380. The van der Waals surface area contributed by atoms with Gasteiger partial charge in [-0.3, -0.25) is 4.79 Å². The average Bonchev–Trinajstić information content (AvgIpc) is 2.55. The van der Waals surface area contributed by atoms with Gasteiger partial charge in [0.05, 0.1) is 18.7 Å². The monoisotopic (exact) mass is 283 g/mol. The van der Waals surface area contributed by atoms with E-state index in [1.165, 1.54) is 7.11 Å². The molecule has 1 unspecified atom stereocenters. The van der Waals surface area contributed by atoms with Crippen molar-refractivity contribution < 1.29 is 14.3 Å². The van der Waals surface area contributed by atoms with Gasteiger partial charge in [0.1, 0.15) is 0 Å². The molecule has 108 valence electrons. The van der Waals surface area contributed by atoms with Gasteiger partial charge in [-0.2, -0.15) is 0 Å². The van der Waals surface area contributed by atoms with E-state index in [-0.39, 0.29) is 17.8 Å². The molecule has 0 saturated carbocycles. The van der Waals surface area contributed by atoms with Crippen molar-refractivity contribution in [3.05, 3.63) is 65.7 Å². The zero-order chi connectivity index (χ0) is 15.2. The van der Waals surface area contributed by atoms with Crippen molar-refractivity contribution in [2.24, 2.45) is 0 Å². The maximum Gasteiger partial charge on any atom is 0.337 e. The van der Waals surface area contributed by atoms with Crippen LogP contribution in [-0.2, 0) is 4.74 Å². The number of Topliss-reactive ketones (excluding diaryl/α,β-unsaturated/α-hetero) is 1. The zero-order valence-electron chi connectivity index (χ0n) is 12.0. The molecule has 0 radical (unpaired) electrons. The lowest BCUT2D eigenvalue weighted by molar-refractivity contribution is 0.0600. The number of carbonyl (C=O) groups is 2. The third-order valence-corrected chi connectivity index (χ3v) is 3.14. The van der Waals surface area contributed by atoms with E-state index in [4.69, 9.17) is 0 Å². The summed E-state index contributed by atoms with van der Waals surface area (Å²) in [5.41, 5.74) is 1.92. The lowest BCUT2D eigenvalue weighted by Crippen LogP contribution is -2.26. The molecular formula is C17H17NO3. The average molecular weight is 283 g/mol. The molecule has 0 fully saturated rings. The molecule has 0 saturated heterocycles. The highest BCUT2D eigenvalue weighted by Gasteiger charge is 2.14. The number of hydrogen-bond donors (Lipinski definition) is 1. The summed E-state index contributed by atoms with van der Waals surface area (Å²) in [6.07, 6.45) is 0. The molecular weight excluding hydrogens is 266 g/mol. The predicted octanol–water partition coefficient (Wildman–Crippen LogP) is 3.16. The van der Waals surface area contributed by atoms with E-state index < -0.39 is 0 Å². The minimum Gasteiger partial charge on any atom is -0.465 e. The molecule has 0 amide bonds. The van der Waals surface area contributed by atoms with Crippen molar-refractivity contribution in [2.75, 3.05) is 12.4 Å². The number of hydrogen-bond acceptors (Lipinski definition) is 4. The van der Waals surface area contributed by atoms with Crippen molar-refractivity contribution in [1.29, 1.82) is 0 Å². The largest absolute Gasteiger partial charge is 0.465 e. The van der Waals surface area contributed by atoms with Crippen LogP contribution in [0.25, 0.3) is 0 Å². The number of anilines is 1. The summed E-state index contributed by atoms with van der Waals surface area (Å²) in [4.78, 5) is 23.6. The van der Waals surface area contributed by atoms with Crippen molar-refractivity contribution in [1.82, 2.24) is 0 Å². The fourth-order valence-corrected chi connectivity index (χ4v) is 1.99. The Balaban J connectivity index is 2.04. The molecule has 4 heteroatoms. The Morgan fingerprint density at radius 2 is 1.57 bits per heavy atom. The number of carbonyl (C=O) groups excluding carboxylic acids is 2. The second-order valence-electron chi connectivity index (χ2n) is 4.67. The highest BCUT2D eigenvalue weighted by molar-refractivity contribution is 6.01. The standard InChI is InChI=1S/C17H17NO3/c1-12(16(19)13-6-4-3-5-7-13)18-15-10-8-14(9-11-15)17(20)21-2/h3-12,18H,1-2H3. The van der Waals surface area contributed by atoms with Crippen LogP contribution in [0, 0.1) is 0 Å². The van der Waals surface area contributed by atoms with Crippen LogP contribution in [0.4, 0.5) is 5.69 Å². The maximum absolute atomic E-state index is 12.2. The Morgan fingerprint density at radius 3 is 2.14 bits per heavy atom. The topological polar surface area (TPSA) is 55.4 Å². The van der Waals surface area contributed by atoms with Gasteiger partial charge in [-0.05, 0) is 31.2 Å². The first-order chi connectivity index (χ1) is 10.1. The molecule has 1 N–H and O–H groups in total. The lowest BCUT2D eigenvalue weighted by atomic mass is 10.1. The summed E-state index contributed by atoms with van der Waals surface area (Å²) in [7, 11) is 1.34. The number of esters is 1. The zero-order valence-corrected chi connectivity index (χ0v) is 12.0. The fraction of sp³-hybridized carbons (Fsp3) is 0.176. The van der Waals surface area contributed by atoms with E-state index >= 15 is 0 Å². The van der Waals surface area contributed by atoms with Crippen molar-refractivity contribution in [2.45, 2.75) is 13.0 Å². The fourth-order valence-electron chi connectivity index (χ4n) is 1.99. The summed E-state index contributed by atoms with van der Waals surface area (Å²) in [6.45, 7) is 1.81. The first kappa shape index (κ1) is 14.8. The summed E-state index contributed by atoms with van der Waals surface area (Å²) in [5, 5.41) is 3.12. The second kappa shape index (κ2) is 6.70. The summed E-state index contributed by atoms with van der Waals surface area (Å²) < 4.78 is 4.64. The van der Waals surface area contributed by atoms with Gasteiger partial charge in [0.25, 0.3) is 0 Å². The molecule has 0 aromatic heterocycles. The molecule has 2 aromatic carbocycles. The quantitative estimate of drug-likeness (QED) is 0.676. The molecule has 0 spiro atoms. The van der Waals surface area contributed by atoms with Gasteiger partial charge in [-0.15, -0.1) is 0 Å². The number of ether oxygens (including phenoxy) is 1. The Hall–Kier alpha value is -2.62. The Morgan fingerprint density at radius 1 is 0.952 bits per heavy atom. The number of methoxy groups -OCH3 is 1. The van der Waals surface area contributed by atoms with Crippen LogP contribution in [0.2, 0.25) is 0 Å². The smallest absolute Gasteiger partial charge is 0.337 e. The molecule has 0 bridgehead atoms. The molecule has 2 rings (SSSR count). The van der Waals surface area contributed by atoms with Crippen LogP contribution in [0.3, 0.4) is 0 Å². The molecule has 0 aliphatic carbocycles. The van der Waals surface area contributed by atoms with Crippen LogP contribution in [0.1, 0.15) is 27.6 Å². The SMILES string of the molecule is COC(=O)c1ccc(NC(C)C(=O)c2ccccc2)cc1. The minimum absolute atomic E-state index is 0.0210. The summed E-state index contributed by atoms with van der Waals surface area (Å²) in [6, 6.07) is 15.6. The third-order valence-electron chi connectivity index (χ3n) is 3.14. The Kier molecular flexibility index (Phi) is 4.72. The predicted molar refractivity (Wildman–Crippen MR) is 81.6 cm³/mol. The van der Waals surface area contributed by atoms with Crippen molar-refractivity contribution >= 4 is 17.4 Å². The number of rotatable bonds is 5. The van der Waals surface area contributed by atoms with E-state index in [1.807, 2.05) is 25.1 Å². The molecule has 4 nitrogen and oxygen atoms in total. The van der Waals surface area contributed by atoms with Crippen LogP contribution >= 0.6 is 0 Å². The number of benzene rings is 2. The van der Waals surface area contributed by atoms with Gasteiger partial charge in [-0.1, -0.05) is 30.3 Å². The lowest BCUT2D eigenvalue weighted by Gasteiger charge is -2.14. The summed E-state index contributed by atoms with van der Waals surface area (Å²) >= 11 is 0. The molecule has 0 heterocycles. The van der Waals surface area contributed by atoms with Gasteiger partial charge < -0.3 is 10.1 Å². The van der Waals surface area contributed by atoms with Crippen LogP contribution < -0.4 is 5.32 Å². The normalized spacial score (nSPS) is 11.5. The van der Waals surface area contributed by atoms with E-state index in [9.17, 15) is 9.59 Å². The van der Waals surface area contributed by atoms with Gasteiger partial charge in [-0.25, -0.2) is 4.79 Å². The number of ketones is 1. The van der Waals surface area contributed by atoms with E-state index in [1.54, 1.807) is 36.4 Å². The molecule has 0 aliphatic rings. The third kappa shape index (κ3) is 3.69. The van der Waals surface area contributed by atoms with E-state index in [0.29, 0.717) is 11.1 Å². The Labute approximate surface area is 123 Å². The van der Waals surface area contributed by atoms with Crippen molar-refractivity contribution in [3.63, 3.8) is 0 Å². The van der Waals surface area contributed by atoms with Gasteiger partial charge >= 0.3 is 5.97 Å². The molecule has 0 aliphatic heterocycles. The van der Waals surface area contributed by atoms with Gasteiger partial charge in [0.15, 0.2) is 5.78 Å². The second-order valence-corrected chi connectivity index (χ2v) is 4.67. The molecule has 21 heavy (non-hydrogen) atoms. The maximum atomic E-state index is 12.2. The van der Waals surface area contributed by atoms with E-state index in [0.717, 1.165) is 5.69 Å². The van der Waals surface area contributed by atoms with Gasteiger partial charge in [0, 0.05) is 11.3 Å². The van der Waals surface area contributed by atoms with Crippen molar-refractivity contribution in [3.8, 4) is 0 Å². The summed E-state index contributed by atoms with van der Waals surface area (Å²) in [5.74, 6) is -0.359. The molecule has 1 atom stereocenters. The van der Waals surface area contributed by atoms with Gasteiger partial charge in [0.2, 0.25) is 0 Å². The first-order valence-corrected chi connectivity index (χ1v) is 6.66. The first-order valence-electron chi connectivity index (χ1n) is 6.66. The highest BCUT2D eigenvalue weighted by Crippen LogP contribution is 2.13. The van der Waals surface area contributed by atoms with Crippen LogP contribution in [-0.4, -0.2) is 24.9 Å². The molecule has 2 aromatic rings. The van der Waals surface area contributed by atoms with E-state index in [2.05, 4.69) is 10.1 Å². The highest BCUT2D eigenvalue weighted by atomic mass is 16.5.